The maximum absolute atomic E-state index is 13.9. The molecule has 1 aliphatic rings. The fourth-order valence-electron chi connectivity index (χ4n) is 2.94. The Morgan fingerprint density at radius 1 is 1.19 bits per heavy atom. The molecule has 0 bridgehead atoms. The molecule has 0 saturated carbocycles. The van der Waals surface area contributed by atoms with Crippen LogP contribution in [0.25, 0.3) is 0 Å². The highest BCUT2D eigenvalue weighted by atomic mass is 32.2. The Bertz CT molecular complexity index is 628. The number of nitrogens with zero attached hydrogens (tertiary/aromatic N) is 1. The first kappa shape index (κ1) is 14.6. The molecule has 1 heterocycles. The minimum Gasteiger partial charge on any atom is -0.299 e. The zero-order valence-electron chi connectivity index (χ0n) is 12.4. The second-order valence-electron chi connectivity index (χ2n) is 5.68. The summed E-state index contributed by atoms with van der Waals surface area (Å²) < 4.78 is 13.9. The van der Waals surface area contributed by atoms with E-state index < -0.39 is 0 Å². The van der Waals surface area contributed by atoms with Gasteiger partial charge < -0.3 is 0 Å². The van der Waals surface area contributed by atoms with Crippen molar-refractivity contribution in [3.8, 4) is 0 Å². The van der Waals surface area contributed by atoms with Crippen LogP contribution in [0.15, 0.2) is 53.4 Å². The molecule has 1 aliphatic heterocycles. The van der Waals surface area contributed by atoms with Gasteiger partial charge >= 0.3 is 0 Å². The van der Waals surface area contributed by atoms with Gasteiger partial charge in [0.15, 0.2) is 0 Å². The van der Waals surface area contributed by atoms with Crippen LogP contribution in [0, 0.1) is 5.82 Å². The second kappa shape index (κ2) is 6.20. The van der Waals surface area contributed by atoms with Crippen molar-refractivity contribution in [2.75, 3.05) is 19.3 Å². The molecule has 0 aromatic heterocycles. The molecule has 2 atom stereocenters. The van der Waals surface area contributed by atoms with Gasteiger partial charge in [0.2, 0.25) is 0 Å². The van der Waals surface area contributed by atoms with E-state index in [-0.39, 0.29) is 11.9 Å². The Morgan fingerprint density at radius 2 is 1.90 bits per heavy atom. The summed E-state index contributed by atoms with van der Waals surface area (Å²) in [4.78, 5) is 3.65. The predicted molar refractivity (Wildman–Crippen MR) is 87.4 cm³/mol. The lowest BCUT2D eigenvalue weighted by Crippen LogP contribution is -2.28. The maximum Gasteiger partial charge on any atom is 0.127 e. The third-order valence-electron chi connectivity index (χ3n) is 4.32. The van der Waals surface area contributed by atoms with Crippen molar-refractivity contribution in [2.24, 2.45) is 0 Å². The molecule has 0 aliphatic carbocycles. The van der Waals surface area contributed by atoms with E-state index in [1.807, 2.05) is 23.9 Å². The summed E-state index contributed by atoms with van der Waals surface area (Å²) in [6.07, 6.45) is 0. The van der Waals surface area contributed by atoms with E-state index in [0.29, 0.717) is 5.92 Å². The van der Waals surface area contributed by atoms with Gasteiger partial charge in [0.05, 0.1) is 0 Å². The van der Waals surface area contributed by atoms with Crippen LogP contribution in [0.5, 0.6) is 0 Å². The smallest absolute Gasteiger partial charge is 0.127 e. The third kappa shape index (κ3) is 2.99. The zero-order chi connectivity index (χ0) is 14.8. The van der Waals surface area contributed by atoms with E-state index in [0.717, 1.165) is 17.9 Å². The molecule has 3 heteroatoms. The van der Waals surface area contributed by atoms with Crippen molar-refractivity contribution in [1.29, 1.82) is 0 Å². The third-order valence-corrected chi connectivity index (χ3v) is 5.58. The summed E-state index contributed by atoms with van der Waals surface area (Å²) in [6, 6.07) is 15.8. The number of fused-ring (bicyclic) bond motifs is 1. The summed E-state index contributed by atoms with van der Waals surface area (Å²) in [5.41, 5.74) is 2.22. The van der Waals surface area contributed by atoms with Gasteiger partial charge in [0.25, 0.3) is 0 Å². The molecule has 21 heavy (non-hydrogen) atoms. The highest BCUT2D eigenvalue weighted by Crippen LogP contribution is 2.40. The molecule has 0 saturated heterocycles. The number of hydrogen-bond donors (Lipinski definition) is 0. The molecule has 2 aromatic carbocycles. The average molecular weight is 301 g/mol. The van der Waals surface area contributed by atoms with Crippen LogP contribution >= 0.6 is 11.8 Å². The van der Waals surface area contributed by atoms with Gasteiger partial charge in [-0.3, -0.25) is 4.90 Å². The van der Waals surface area contributed by atoms with Gasteiger partial charge in [0.1, 0.15) is 5.82 Å². The number of thioether (sulfide) groups is 1. The Morgan fingerprint density at radius 3 is 2.71 bits per heavy atom. The number of likely N-dealkylation sites (N-methyl/N-ethyl adjacent to an activating group) is 1. The largest absolute Gasteiger partial charge is 0.299 e. The van der Waals surface area contributed by atoms with E-state index >= 15 is 0 Å². The minimum atomic E-state index is -0.113. The summed E-state index contributed by atoms with van der Waals surface area (Å²) >= 11 is 1.93. The predicted octanol–water partition coefficient (Wildman–Crippen LogP) is 4.71. The van der Waals surface area contributed by atoms with Crippen molar-refractivity contribution in [2.45, 2.75) is 23.8 Å². The molecular formula is C18H20FNS. The van der Waals surface area contributed by atoms with Gasteiger partial charge in [-0.2, -0.15) is 0 Å². The van der Waals surface area contributed by atoms with E-state index in [4.69, 9.17) is 0 Å². The molecule has 3 rings (SSSR count). The van der Waals surface area contributed by atoms with E-state index in [9.17, 15) is 4.39 Å². The number of benzene rings is 2. The van der Waals surface area contributed by atoms with Crippen LogP contribution in [-0.2, 0) is 0 Å². The van der Waals surface area contributed by atoms with Crippen LogP contribution < -0.4 is 0 Å². The summed E-state index contributed by atoms with van der Waals surface area (Å²) in [7, 11) is 2.09. The van der Waals surface area contributed by atoms with Crippen molar-refractivity contribution < 1.29 is 4.39 Å². The van der Waals surface area contributed by atoms with Gasteiger partial charge in [-0.25, -0.2) is 4.39 Å². The van der Waals surface area contributed by atoms with Gasteiger partial charge in [0, 0.05) is 34.7 Å². The molecule has 0 fully saturated rings. The Balaban J connectivity index is 1.73. The van der Waals surface area contributed by atoms with Crippen LogP contribution in [0.2, 0.25) is 0 Å². The highest BCUT2D eigenvalue weighted by molar-refractivity contribution is 7.99. The highest BCUT2D eigenvalue weighted by Gasteiger charge is 2.26. The average Bonchev–Trinajstić information content (AvgIpc) is 2.90. The van der Waals surface area contributed by atoms with Gasteiger partial charge in [-0.05, 0) is 31.7 Å². The normalized spacial score (nSPS) is 18.8. The van der Waals surface area contributed by atoms with Crippen LogP contribution in [-0.4, -0.2) is 24.2 Å². The number of halogens is 1. The van der Waals surface area contributed by atoms with Crippen molar-refractivity contribution >= 4 is 11.8 Å². The lowest BCUT2D eigenvalue weighted by atomic mass is 9.99. The van der Waals surface area contributed by atoms with E-state index in [1.165, 1.54) is 10.5 Å². The lowest BCUT2D eigenvalue weighted by molar-refractivity contribution is 0.245. The molecule has 2 unspecified atom stereocenters. The molecule has 0 amide bonds. The Kier molecular flexibility index (Phi) is 4.32. The first-order valence-electron chi connectivity index (χ1n) is 7.33. The molecule has 2 aromatic rings. The SMILES string of the molecule is CC(c1ccccc1F)N(C)CC1CSc2ccccc21. The zero-order valence-corrected chi connectivity index (χ0v) is 13.2. The van der Waals surface area contributed by atoms with Crippen molar-refractivity contribution in [1.82, 2.24) is 4.90 Å². The Labute approximate surface area is 130 Å². The van der Waals surface area contributed by atoms with E-state index in [1.54, 1.807) is 12.1 Å². The van der Waals surface area contributed by atoms with Crippen molar-refractivity contribution in [3.63, 3.8) is 0 Å². The fraction of sp³-hybridized carbons (Fsp3) is 0.333. The molecular weight excluding hydrogens is 281 g/mol. The lowest BCUT2D eigenvalue weighted by Gasteiger charge is -2.28. The number of hydrogen-bond acceptors (Lipinski definition) is 2. The van der Waals surface area contributed by atoms with Crippen LogP contribution in [0.1, 0.15) is 30.0 Å². The second-order valence-corrected chi connectivity index (χ2v) is 6.74. The Hall–Kier alpha value is -1.32. The standard InChI is InChI=1S/C18H20FNS/c1-13(15-7-3-5-9-17(15)19)20(2)11-14-12-21-18-10-6-4-8-16(14)18/h3-10,13-14H,11-12H2,1-2H3. The van der Waals surface area contributed by atoms with Gasteiger partial charge in [-0.1, -0.05) is 36.4 Å². The molecule has 0 radical (unpaired) electrons. The monoisotopic (exact) mass is 301 g/mol. The fourth-order valence-corrected chi connectivity index (χ4v) is 4.18. The first-order chi connectivity index (χ1) is 10.2. The summed E-state index contributed by atoms with van der Waals surface area (Å²) in [5.74, 6) is 1.54. The summed E-state index contributed by atoms with van der Waals surface area (Å²) in [6.45, 7) is 3.03. The maximum atomic E-state index is 13.9. The molecule has 0 spiro atoms. The minimum absolute atomic E-state index is 0.0870. The summed E-state index contributed by atoms with van der Waals surface area (Å²) in [5, 5.41) is 0. The molecule has 0 N–H and O–H groups in total. The van der Waals surface area contributed by atoms with E-state index in [2.05, 4.69) is 43.1 Å². The topological polar surface area (TPSA) is 3.24 Å². The van der Waals surface area contributed by atoms with Gasteiger partial charge in [-0.15, -0.1) is 11.8 Å². The molecule has 1 nitrogen and oxygen atoms in total. The van der Waals surface area contributed by atoms with Crippen molar-refractivity contribution in [3.05, 3.63) is 65.5 Å². The van der Waals surface area contributed by atoms with Crippen LogP contribution in [0.4, 0.5) is 4.39 Å². The quantitative estimate of drug-likeness (QED) is 0.804. The number of rotatable bonds is 4. The molecule has 110 valence electrons. The van der Waals surface area contributed by atoms with Crippen LogP contribution in [0.3, 0.4) is 0 Å². The first-order valence-corrected chi connectivity index (χ1v) is 8.31.